The predicted molar refractivity (Wildman–Crippen MR) is 107 cm³/mol. The molecule has 2 amide bonds. The summed E-state index contributed by atoms with van der Waals surface area (Å²) in [6, 6.07) is 9.80. The number of nitrogens with one attached hydrogen (secondary N) is 2. The highest BCUT2D eigenvalue weighted by atomic mass is 32.2. The Kier molecular flexibility index (Phi) is 7.00. The molecule has 0 aliphatic rings. The monoisotopic (exact) mass is 403 g/mol. The van der Waals surface area contributed by atoms with Gasteiger partial charge in [0.25, 0.3) is 5.91 Å². The zero-order valence-electron chi connectivity index (χ0n) is 15.7. The Labute approximate surface area is 166 Å². The standard InChI is InChI=1S/C19H21N3O5S/c1-19(2,3)27-18(26)22-14-6-4-5-13(9-14)21-17(25)12-7-8-15(20-10-12)28-11-16(23)24/h4-10H,11H2,1-3H3,(H,21,25)(H,22,26)(H,23,24). The van der Waals surface area contributed by atoms with E-state index in [0.717, 1.165) is 11.8 Å². The lowest BCUT2D eigenvalue weighted by Gasteiger charge is -2.19. The minimum atomic E-state index is -0.937. The molecule has 3 N–H and O–H groups in total. The van der Waals surface area contributed by atoms with Crippen LogP contribution >= 0.6 is 11.8 Å². The molecular formula is C19H21N3O5S. The van der Waals surface area contributed by atoms with Crippen molar-refractivity contribution in [3.8, 4) is 0 Å². The van der Waals surface area contributed by atoms with Crippen LogP contribution < -0.4 is 10.6 Å². The first-order valence-corrected chi connectivity index (χ1v) is 9.33. The van der Waals surface area contributed by atoms with Crippen molar-refractivity contribution in [2.75, 3.05) is 16.4 Å². The quantitative estimate of drug-likeness (QED) is 0.627. The number of nitrogens with zero attached hydrogens (tertiary/aromatic N) is 1. The van der Waals surface area contributed by atoms with Gasteiger partial charge in [-0.1, -0.05) is 17.8 Å². The van der Waals surface area contributed by atoms with Gasteiger partial charge in [-0.15, -0.1) is 0 Å². The number of anilines is 2. The molecule has 0 aliphatic heterocycles. The summed E-state index contributed by atoms with van der Waals surface area (Å²) in [5.74, 6) is -1.42. The van der Waals surface area contributed by atoms with Gasteiger partial charge in [0.15, 0.2) is 0 Å². The number of pyridine rings is 1. The highest BCUT2D eigenvalue weighted by Crippen LogP contribution is 2.19. The number of hydrogen-bond donors (Lipinski definition) is 3. The molecule has 0 aliphatic carbocycles. The van der Waals surface area contributed by atoms with E-state index in [1.54, 1.807) is 57.2 Å². The molecule has 0 unspecified atom stereocenters. The molecule has 8 nitrogen and oxygen atoms in total. The third-order valence-electron chi connectivity index (χ3n) is 3.11. The average Bonchev–Trinajstić information content (AvgIpc) is 2.59. The molecule has 28 heavy (non-hydrogen) atoms. The SMILES string of the molecule is CC(C)(C)OC(=O)Nc1cccc(NC(=O)c2ccc(SCC(=O)O)nc2)c1. The molecule has 1 heterocycles. The summed E-state index contributed by atoms with van der Waals surface area (Å²) >= 11 is 1.07. The number of amides is 2. The summed E-state index contributed by atoms with van der Waals surface area (Å²) in [5, 5.41) is 14.5. The van der Waals surface area contributed by atoms with Gasteiger partial charge in [-0.25, -0.2) is 9.78 Å². The van der Waals surface area contributed by atoms with Crippen LogP contribution in [0.4, 0.5) is 16.2 Å². The van der Waals surface area contributed by atoms with Crippen LogP contribution in [-0.4, -0.2) is 39.4 Å². The zero-order valence-corrected chi connectivity index (χ0v) is 16.5. The van der Waals surface area contributed by atoms with Gasteiger partial charge in [-0.2, -0.15) is 0 Å². The number of carbonyl (C=O) groups is 3. The predicted octanol–water partition coefficient (Wildman–Crippen LogP) is 3.86. The minimum absolute atomic E-state index is 0.101. The van der Waals surface area contributed by atoms with Gasteiger partial charge in [0.1, 0.15) is 5.60 Å². The Morgan fingerprint density at radius 1 is 1.11 bits per heavy atom. The number of carbonyl (C=O) groups excluding carboxylic acids is 2. The number of carboxylic acid groups (broad SMARTS) is 1. The minimum Gasteiger partial charge on any atom is -0.481 e. The van der Waals surface area contributed by atoms with Crippen LogP contribution in [0, 0.1) is 0 Å². The summed E-state index contributed by atoms with van der Waals surface area (Å²) in [5.41, 5.74) is 0.677. The van der Waals surface area contributed by atoms with E-state index in [-0.39, 0.29) is 11.7 Å². The molecule has 148 valence electrons. The number of hydrogen-bond acceptors (Lipinski definition) is 6. The van der Waals surface area contributed by atoms with Crippen molar-refractivity contribution in [3.63, 3.8) is 0 Å². The maximum atomic E-state index is 12.3. The van der Waals surface area contributed by atoms with Gasteiger partial charge in [0, 0.05) is 17.6 Å². The Morgan fingerprint density at radius 3 is 2.36 bits per heavy atom. The molecule has 0 spiro atoms. The summed E-state index contributed by atoms with van der Waals surface area (Å²) in [6.45, 7) is 5.30. The van der Waals surface area contributed by atoms with Gasteiger partial charge >= 0.3 is 12.1 Å². The van der Waals surface area contributed by atoms with E-state index in [0.29, 0.717) is 22.0 Å². The van der Waals surface area contributed by atoms with Gasteiger partial charge < -0.3 is 15.2 Å². The fourth-order valence-electron chi connectivity index (χ4n) is 2.04. The smallest absolute Gasteiger partial charge is 0.412 e. The van der Waals surface area contributed by atoms with Crippen molar-refractivity contribution in [1.29, 1.82) is 0 Å². The second-order valence-electron chi connectivity index (χ2n) is 6.73. The Morgan fingerprint density at radius 2 is 1.79 bits per heavy atom. The lowest BCUT2D eigenvalue weighted by molar-refractivity contribution is -0.133. The van der Waals surface area contributed by atoms with E-state index in [1.165, 1.54) is 6.20 Å². The van der Waals surface area contributed by atoms with Gasteiger partial charge in [0.05, 0.1) is 16.3 Å². The lowest BCUT2D eigenvalue weighted by Crippen LogP contribution is -2.27. The molecule has 0 saturated heterocycles. The zero-order chi connectivity index (χ0) is 20.7. The van der Waals surface area contributed by atoms with Crippen molar-refractivity contribution >= 4 is 41.1 Å². The Hall–Kier alpha value is -3.07. The summed E-state index contributed by atoms with van der Waals surface area (Å²) in [7, 11) is 0. The molecule has 2 aromatic rings. The van der Waals surface area contributed by atoms with Crippen LogP contribution in [0.3, 0.4) is 0 Å². The van der Waals surface area contributed by atoms with Crippen LogP contribution in [0.1, 0.15) is 31.1 Å². The first-order chi connectivity index (χ1) is 13.1. The number of rotatable bonds is 6. The Balaban J connectivity index is 1.98. The fourth-order valence-corrected chi connectivity index (χ4v) is 2.60. The summed E-state index contributed by atoms with van der Waals surface area (Å²) in [6.07, 6.45) is 0.789. The molecule has 2 rings (SSSR count). The van der Waals surface area contributed by atoms with E-state index in [1.807, 2.05) is 0 Å². The third kappa shape index (κ3) is 7.28. The summed E-state index contributed by atoms with van der Waals surface area (Å²) < 4.78 is 5.19. The van der Waals surface area contributed by atoms with Gasteiger partial charge in [-0.3, -0.25) is 14.9 Å². The number of benzene rings is 1. The number of thioether (sulfide) groups is 1. The number of aromatic nitrogens is 1. The second kappa shape index (κ2) is 9.23. The normalized spacial score (nSPS) is 10.8. The van der Waals surface area contributed by atoms with E-state index in [9.17, 15) is 14.4 Å². The van der Waals surface area contributed by atoms with Crippen LogP contribution in [-0.2, 0) is 9.53 Å². The van der Waals surface area contributed by atoms with Crippen LogP contribution in [0.2, 0.25) is 0 Å². The van der Waals surface area contributed by atoms with Crippen LogP contribution in [0.25, 0.3) is 0 Å². The van der Waals surface area contributed by atoms with Crippen molar-refractivity contribution in [2.45, 2.75) is 31.4 Å². The molecule has 0 radical (unpaired) electrons. The molecule has 1 aromatic carbocycles. The van der Waals surface area contributed by atoms with E-state index in [4.69, 9.17) is 9.84 Å². The van der Waals surface area contributed by atoms with Crippen molar-refractivity contribution in [2.24, 2.45) is 0 Å². The van der Waals surface area contributed by atoms with Gasteiger partial charge in [0.2, 0.25) is 0 Å². The average molecular weight is 403 g/mol. The number of aliphatic carboxylic acids is 1. The second-order valence-corrected chi connectivity index (χ2v) is 7.72. The van der Waals surface area contributed by atoms with Gasteiger partial charge in [-0.05, 0) is 51.1 Å². The van der Waals surface area contributed by atoms with E-state index < -0.39 is 17.7 Å². The molecule has 0 bridgehead atoms. The van der Waals surface area contributed by atoms with E-state index in [2.05, 4.69) is 15.6 Å². The highest BCUT2D eigenvalue weighted by Gasteiger charge is 2.16. The molecule has 9 heteroatoms. The topological polar surface area (TPSA) is 118 Å². The first kappa shape index (κ1) is 21.2. The highest BCUT2D eigenvalue weighted by molar-refractivity contribution is 7.99. The maximum absolute atomic E-state index is 12.3. The fraction of sp³-hybridized carbons (Fsp3) is 0.263. The summed E-state index contributed by atoms with van der Waals surface area (Å²) in [4.78, 5) is 38.8. The van der Waals surface area contributed by atoms with Crippen molar-refractivity contribution < 1.29 is 24.2 Å². The molecule has 0 fully saturated rings. The van der Waals surface area contributed by atoms with Crippen molar-refractivity contribution in [1.82, 2.24) is 4.98 Å². The van der Waals surface area contributed by atoms with Crippen molar-refractivity contribution in [3.05, 3.63) is 48.2 Å². The molecule has 0 atom stereocenters. The molecule has 1 aromatic heterocycles. The number of ether oxygens (including phenoxy) is 1. The first-order valence-electron chi connectivity index (χ1n) is 8.34. The number of carboxylic acids is 1. The van der Waals surface area contributed by atoms with Crippen LogP contribution in [0.5, 0.6) is 0 Å². The van der Waals surface area contributed by atoms with Crippen LogP contribution in [0.15, 0.2) is 47.6 Å². The lowest BCUT2D eigenvalue weighted by atomic mass is 10.2. The molecular weight excluding hydrogens is 382 g/mol. The molecule has 0 saturated carbocycles. The third-order valence-corrected chi connectivity index (χ3v) is 4.04. The van der Waals surface area contributed by atoms with E-state index >= 15 is 0 Å². The largest absolute Gasteiger partial charge is 0.481 e. The maximum Gasteiger partial charge on any atom is 0.412 e. The Bertz CT molecular complexity index is 863.